The number of nitrogens with one attached hydrogen (secondary N) is 1. The predicted octanol–water partition coefficient (Wildman–Crippen LogP) is -1.54. The van der Waals surface area contributed by atoms with Crippen molar-refractivity contribution in [2.75, 3.05) is 6.61 Å². The topological polar surface area (TPSA) is 133 Å². The van der Waals surface area contributed by atoms with Crippen LogP contribution in [0.25, 0.3) is 11.0 Å². The number of aromatic amines is 1. The Balaban J connectivity index is 2.09. The number of nitrogens with zero attached hydrogens (tertiary/aromatic N) is 3. The first-order valence-electron chi connectivity index (χ1n) is 6.12. The number of ether oxygens (including phenoxy) is 1. The van der Waals surface area contributed by atoms with Crippen LogP contribution in [0.5, 0.6) is 0 Å². The lowest BCUT2D eigenvalue weighted by molar-refractivity contribution is -0.0538. The van der Waals surface area contributed by atoms with Gasteiger partial charge in [0.25, 0.3) is 0 Å². The van der Waals surface area contributed by atoms with Crippen molar-refractivity contribution in [2.45, 2.75) is 24.5 Å². The first-order valence-corrected chi connectivity index (χ1v) is 6.53. The van der Waals surface area contributed by atoms with Gasteiger partial charge in [0.05, 0.1) is 12.0 Å². The van der Waals surface area contributed by atoms with Gasteiger partial charge in [-0.3, -0.25) is 9.55 Å². The monoisotopic (exact) mass is 312 g/mol. The van der Waals surface area contributed by atoms with Crippen LogP contribution < -0.4 is 5.69 Å². The number of fused-ring (bicyclic) bond motifs is 1. The third-order valence-corrected chi connectivity index (χ3v) is 3.62. The zero-order valence-electron chi connectivity index (χ0n) is 10.6. The van der Waals surface area contributed by atoms with Gasteiger partial charge in [-0.1, -0.05) is 0 Å². The molecule has 4 N–H and O–H groups in total. The molecule has 112 valence electrons. The summed E-state index contributed by atoms with van der Waals surface area (Å²) >= 11 is 5.10. The zero-order chi connectivity index (χ0) is 15.1. The molecule has 4 unspecified atom stereocenters. The van der Waals surface area contributed by atoms with E-state index in [4.69, 9.17) is 22.1 Å². The Hall–Kier alpha value is -1.72. The van der Waals surface area contributed by atoms with Crippen molar-refractivity contribution in [1.82, 2.24) is 19.5 Å². The van der Waals surface area contributed by atoms with Crippen molar-refractivity contribution in [2.24, 2.45) is 0 Å². The van der Waals surface area contributed by atoms with Crippen molar-refractivity contribution in [3.63, 3.8) is 0 Å². The summed E-state index contributed by atoms with van der Waals surface area (Å²) in [6.45, 7) is -0.433. The highest BCUT2D eigenvalue weighted by molar-refractivity contribution is 7.71. The average molecular weight is 312 g/mol. The molecule has 1 aliphatic rings. The summed E-state index contributed by atoms with van der Waals surface area (Å²) in [5.41, 5.74) is -0.280. The lowest BCUT2D eigenvalue weighted by Gasteiger charge is -2.18. The summed E-state index contributed by atoms with van der Waals surface area (Å²) in [4.78, 5) is 21.2. The highest BCUT2D eigenvalue weighted by Crippen LogP contribution is 2.29. The van der Waals surface area contributed by atoms with Crippen molar-refractivity contribution < 1.29 is 20.1 Å². The van der Waals surface area contributed by atoms with Gasteiger partial charge in [0.1, 0.15) is 24.0 Å². The maximum atomic E-state index is 11.1. The molecule has 3 heterocycles. The lowest BCUT2D eigenvalue weighted by atomic mass is 10.1. The smallest absolute Gasteiger partial charge is 0.346 e. The van der Waals surface area contributed by atoms with Crippen LogP contribution >= 0.6 is 12.2 Å². The average Bonchev–Trinajstić information content (AvgIpc) is 2.74. The van der Waals surface area contributed by atoms with E-state index in [1.165, 1.54) is 17.0 Å². The molecule has 2 aromatic heterocycles. The van der Waals surface area contributed by atoms with Crippen LogP contribution in [0.1, 0.15) is 6.23 Å². The molecule has 10 heteroatoms. The van der Waals surface area contributed by atoms with E-state index >= 15 is 0 Å². The molecule has 2 aromatic rings. The largest absolute Gasteiger partial charge is 0.394 e. The Bertz CT molecular complexity index is 790. The first-order chi connectivity index (χ1) is 10.0. The van der Waals surface area contributed by atoms with Crippen LogP contribution in [-0.2, 0) is 4.74 Å². The van der Waals surface area contributed by atoms with Crippen LogP contribution in [0, 0.1) is 4.77 Å². The van der Waals surface area contributed by atoms with Crippen LogP contribution in [0.3, 0.4) is 0 Å². The molecular weight excluding hydrogens is 300 g/mol. The highest BCUT2D eigenvalue weighted by Gasteiger charge is 2.43. The zero-order valence-corrected chi connectivity index (χ0v) is 11.4. The van der Waals surface area contributed by atoms with Gasteiger partial charge >= 0.3 is 5.69 Å². The van der Waals surface area contributed by atoms with Gasteiger partial charge in [0, 0.05) is 12.4 Å². The number of hydrogen-bond acceptors (Lipinski definition) is 8. The molecule has 4 atom stereocenters. The molecule has 0 spiro atoms. The van der Waals surface area contributed by atoms with E-state index in [1.54, 1.807) is 0 Å². The molecule has 9 nitrogen and oxygen atoms in total. The van der Waals surface area contributed by atoms with E-state index in [0.717, 1.165) is 0 Å². The van der Waals surface area contributed by atoms with E-state index in [-0.39, 0.29) is 10.4 Å². The molecule has 1 saturated heterocycles. The number of H-pyrrole nitrogens is 1. The maximum absolute atomic E-state index is 11.1. The quantitative estimate of drug-likeness (QED) is 0.490. The van der Waals surface area contributed by atoms with Gasteiger partial charge in [0.2, 0.25) is 4.77 Å². The molecule has 0 saturated carbocycles. The van der Waals surface area contributed by atoms with Crippen LogP contribution in [-0.4, -0.2) is 59.8 Å². The number of aliphatic hydroxyl groups is 3. The van der Waals surface area contributed by atoms with E-state index in [2.05, 4.69) is 15.0 Å². The summed E-state index contributed by atoms with van der Waals surface area (Å²) in [6, 6.07) is 0. The Morgan fingerprint density at radius 3 is 2.86 bits per heavy atom. The molecule has 1 aliphatic heterocycles. The molecular formula is C11H12N4O5S. The second-order valence-electron chi connectivity index (χ2n) is 4.65. The van der Waals surface area contributed by atoms with Gasteiger partial charge in [0.15, 0.2) is 6.23 Å². The third-order valence-electron chi connectivity index (χ3n) is 3.32. The number of aliphatic hydroxyl groups excluding tert-OH is 3. The fourth-order valence-corrected chi connectivity index (χ4v) is 2.48. The third kappa shape index (κ3) is 2.36. The SMILES string of the molecule is O=c1ncc2cn(C3OC(CO)C(O)C3O)c(=S)nc2[nH]1. The minimum absolute atomic E-state index is 0.0548. The summed E-state index contributed by atoms with van der Waals surface area (Å²) < 4.78 is 6.79. The number of hydrogen-bond donors (Lipinski definition) is 4. The fraction of sp³-hybridized carbons (Fsp3) is 0.455. The van der Waals surface area contributed by atoms with E-state index in [9.17, 15) is 15.0 Å². The summed E-state index contributed by atoms with van der Waals surface area (Å²) in [5.74, 6) is 0. The molecule has 0 radical (unpaired) electrons. The molecule has 0 aliphatic carbocycles. The van der Waals surface area contributed by atoms with E-state index in [1.807, 2.05) is 0 Å². The van der Waals surface area contributed by atoms with Gasteiger partial charge < -0.3 is 20.1 Å². The Kier molecular flexibility index (Phi) is 3.55. The maximum Gasteiger partial charge on any atom is 0.346 e. The molecule has 1 fully saturated rings. The second-order valence-corrected chi connectivity index (χ2v) is 5.02. The minimum Gasteiger partial charge on any atom is -0.394 e. The first kappa shape index (κ1) is 14.2. The Morgan fingerprint density at radius 2 is 2.19 bits per heavy atom. The number of aromatic nitrogens is 4. The van der Waals surface area contributed by atoms with E-state index < -0.39 is 36.8 Å². The Morgan fingerprint density at radius 1 is 1.43 bits per heavy atom. The van der Waals surface area contributed by atoms with Crippen LogP contribution in [0.2, 0.25) is 0 Å². The molecule has 0 aromatic carbocycles. The molecule has 21 heavy (non-hydrogen) atoms. The molecule has 0 amide bonds. The van der Waals surface area contributed by atoms with Crippen molar-refractivity contribution >= 4 is 23.3 Å². The van der Waals surface area contributed by atoms with Crippen molar-refractivity contribution in [3.05, 3.63) is 27.6 Å². The summed E-state index contributed by atoms with van der Waals surface area (Å²) in [7, 11) is 0. The minimum atomic E-state index is -1.26. The second kappa shape index (κ2) is 5.24. The predicted molar refractivity (Wildman–Crippen MR) is 72.0 cm³/mol. The summed E-state index contributed by atoms with van der Waals surface area (Å²) in [6.07, 6.45) is -1.55. The van der Waals surface area contributed by atoms with Gasteiger partial charge in [-0.05, 0) is 12.2 Å². The normalized spacial score (nSPS) is 29.1. The molecule has 0 bridgehead atoms. The van der Waals surface area contributed by atoms with Gasteiger partial charge in [-0.2, -0.15) is 0 Å². The van der Waals surface area contributed by atoms with Gasteiger partial charge in [-0.15, -0.1) is 0 Å². The molecule has 3 rings (SSSR count). The van der Waals surface area contributed by atoms with Crippen LogP contribution in [0.4, 0.5) is 0 Å². The van der Waals surface area contributed by atoms with E-state index in [0.29, 0.717) is 5.39 Å². The fourth-order valence-electron chi connectivity index (χ4n) is 2.23. The van der Waals surface area contributed by atoms with Crippen molar-refractivity contribution in [3.8, 4) is 0 Å². The van der Waals surface area contributed by atoms with Crippen LogP contribution in [0.15, 0.2) is 17.2 Å². The highest BCUT2D eigenvalue weighted by atomic mass is 32.1. The standard InChI is InChI=1S/C11H12N4O5S/c16-3-5-6(17)7(18)9(20-5)15-2-4-1-12-10(19)13-8(4)14-11(15)21/h1-2,5-7,9,16-18H,3H2,(H,13,14,19,21). The lowest BCUT2D eigenvalue weighted by Crippen LogP contribution is -2.33. The van der Waals surface area contributed by atoms with Crippen molar-refractivity contribution in [1.29, 1.82) is 0 Å². The summed E-state index contributed by atoms with van der Waals surface area (Å²) in [5, 5.41) is 29.3. The van der Waals surface area contributed by atoms with Gasteiger partial charge in [-0.25, -0.2) is 14.8 Å². The number of rotatable bonds is 2. The Labute approximate surface area is 122 Å².